The molecule has 0 aromatic carbocycles. The zero-order valence-corrected chi connectivity index (χ0v) is 20.4. The summed E-state index contributed by atoms with van der Waals surface area (Å²) in [5.74, 6) is 7.53. The third kappa shape index (κ3) is 6.33. The molecule has 0 N–H and O–H groups in total. The summed E-state index contributed by atoms with van der Waals surface area (Å²) in [7, 11) is 1.62. The van der Waals surface area contributed by atoms with Crippen LogP contribution in [-0.2, 0) is 9.47 Å². The van der Waals surface area contributed by atoms with E-state index in [0.29, 0.717) is 37.8 Å². The third-order valence-corrected chi connectivity index (χ3v) is 5.26. The van der Waals surface area contributed by atoms with Crippen molar-refractivity contribution in [1.82, 2.24) is 29.4 Å². The number of carbonyl (C=O) groups excluding carboxylic acids is 1. The third-order valence-electron chi connectivity index (χ3n) is 5.26. The number of amides is 1. The van der Waals surface area contributed by atoms with Crippen LogP contribution in [0.5, 0.6) is 0 Å². The second kappa shape index (κ2) is 10.5. The van der Waals surface area contributed by atoms with Crippen molar-refractivity contribution in [1.29, 1.82) is 0 Å². The number of ether oxygens (including phenoxy) is 2. The number of methoxy groups -OCH3 is 1. The highest BCUT2D eigenvalue weighted by Crippen LogP contribution is 2.19. The van der Waals surface area contributed by atoms with Crippen LogP contribution in [0, 0.1) is 11.8 Å². The molecule has 182 valence electrons. The monoisotopic (exact) mass is 475 g/mol. The summed E-state index contributed by atoms with van der Waals surface area (Å²) in [6, 6.07) is 3.63. The number of hydrogen-bond donors (Lipinski definition) is 0. The van der Waals surface area contributed by atoms with Crippen LogP contribution in [0.4, 0.5) is 10.7 Å². The molecular formula is C25H29N7O3. The van der Waals surface area contributed by atoms with E-state index in [9.17, 15) is 4.79 Å². The molecular weight excluding hydrogens is 446 g/mol. The molecule has 1 atom stereocenters. The van der Waals surface area contributed by atoms with Gasteiger partial charge in [0.05, 0.1) is 18.2 Å². The van der Waals surface area contributed by atoms with Crippen LogP contribution in [0.15, 0.2) is 49.4 Å². The maximum atomic E-state index is 12.6. The lowest BCUT2D eigenvalue weighted by Crippen LogP contribution is -2.58. The number of nitrogens with zero attached hydrogens (tertiary/aromatic N) is 7. The van der Waals surface area contributed by atoms with Gasteiger partial charge in [0, 0.05) is 63.3 Å². The largest absolute Gasteiger partial charge is 0.444 e. The Kier molecular flexibility index (Phi) is 7.27. The molecule has 1 saturated heterocycles. The maximum absolute atomic E-state index is 12.6. The number of pyridine rings is 1. The minimum Gasteiger partial charge on any atom is -0.444 e. The molecule has 35 heavy (non-hydrogen) atoms. The fourth-order valence-corrected chi connectivity index (χ4v) is 3.63. The summed E-state index contributed by atoms with van der Waals surface area (Å²) in [6.07, 6.45) is 10.0. The Balaban J connectivity index is 1.39. The van der Waals surface area contributed by atoms with Crippen molar-refractivity contribution in [3.63, 3.8) is 0 Å². The lowest BCUT2D eigenvalue weighted by molar-refractivity contribution is 0.00332. The Morgan fingerprint density at radius 3 is 2.46 bits per heavy atom. The Labute approximate surface area is 204 Å². The highest BCUT2D eigenvalue weighted by Gasteiger charge is 2.34. The van der Waals surface area contributed by atoms with Crippen molar-refractivity contribution in [2.45, 2.75) is 32.4 Å². The average molecular weight is 476 g/mol. The van der Waals surface area contributed by atoms with Gasteiger partial charge in [-0.1, -0.05) is 11.8 Å². The SMILES string of the molecule is COC[C@H]1CN(c2ncc(C#Cc3ccc(-n4ccnc4)nc3)cn2)CCN1C(=O)OC(C)(C)C. The molecule has 10 heteroatoms. The molecule has 3 aromatic rings. The molecule has 0 unspecified atom stereocenters. The van der Waals surface area contributed by atoms with E-state index in [1.807, 2.05) is 48.6 Å². The van der Waals surface area contributed by atoms with Gasteiger partial charge < -0.3 is 14.4 Å². The molecule has 0 spiro atoms. The Morgan fingerprint density at radius 1 is 1.09 bits per heavy atom. The summed E-state index contributed by atoms with van der Waals surface area (Å²) in [5.41, 5.74) is 0.941. The van der Waals surface area contributed by atoms with Gasteiger partial charge in [0.2, 0.25) is 5.95 Å². The van der Waals surface area contributed by atoms with Crippen LogP contribution < -0.4 is 4.90 Å². The number of hydrogen-bond acceptors (Lipinski definition) is 8. The zero-order chi connectivity index (χ0) is 24.8. The van der Waals surface area contributed by atoms with Gasteiger partial charge in [-0.15, -0.1) is 0 Å². The molecule has 1 aliphatic rings. The van der Waals surface area contributed by atoms with Crippen LogP contribution in [0.1, 0.15) is 31.9 Å². The van der Waals surface area contributed by atoms with E-state index < -0.39 is 5.60 Å². The number of aromatic nitrogens is 5. The maximum Gasteiger partial charge on any atom is 0.410 e. The lowest BCUT2D eigenvalue weighted by atomic mass is 10.2. The van der Waals surface area contributed by atoms with Gasteiger partial charge in [-0.3, -0.25) is 9.47 Å². The van der Waals surface area contributed by atoms with Crippen LogP contribution in [0.3, 0.4) is 0 Å². The molecule has 1 aliphatic heterocycles. The van der Waals surface area contributed by atoms with Crippen molar-refractivity contribution in [3.05, 3.63) is 60.6 Å². The zero-order valence-electron chi connectivity index (χ0n) is 20.4. The summed E-state index contributed by atoms with van der Waals surface area (Å²) >= 11 is 0. The minimum absolute atomic E-state index is 0.163. The van der Waals surface area contributed by atoms with Crippen molar-refractivity contribution >= 4 is 12.0 Å². The molecule has 4 heterocycles. The Morgan fingerprint density at radius 2 is 1.83 bits per heavy atom. The molecule has 3 aromatic heterocycles. The minimum atomic E-state index is -0.552. The van der Waals surface area contributed by atoms with Gasteiger partial charge in [0.25, 0.3) is 0 Å². The van der Waals surface area contributed by atoms with Gasteiger partial charge in [-0.05, 0) is 32.9 Å². The number of carbonyl (C=O) groups is 1. The number of rotatable bonds is 4. The summed E-state index contributed by atoms with van der Waals surface area (Å²) in [6.45, 7) is 7.61. The van der Waals surface area contributed by atoms with Crippen molar-refractivity contribution in [2.75, 3.05) is 38.3 Å². The van der Waals surface area contributed by atoms with Gasteiger partial charge in [-0.25, -0.2) is 24.7 Å². The van der Waals surface area contributed by atoms with E-state index in [1.165, 1.54) is 0 Å². The van der Waals surface area contributed by atoms with Gasteiger partial charge in [0.1, 0.15) is 17.7 Å². The lowest BCUT2D eigenvalue weighted by Gasteiger charge is -2.41. The summed E-state index contributed by atoms with van der Waals surface area (Å²) < 4.78 is 12.7. The highest BCUT2D eigenvalue weighted by atomic mass is 16.6. The molecule has 1 amide bonds. The van der Waals surface area contributed by atoms with Crippen LogP contribution >= 0.6 is 0 Å². The van der Waals surface area contributed by atoms with E-state index in [-0.39, 0.29) is 12.1 Å². The standard InChI is InChI=1S/C25H29N7O3/c1-25(2,3)35-24(33)32-12-11-30(16-21(32)17-34-4)23-28-14-20(15-29-23)6-5-19-7-8-22(27-13-19)31-10-9-26-18-31/h7-10,13-15,18,21H,11-12,16-17H2,1-4H3/t21-/m1/s1. The van der Waals surface area contributed by atoms with Gasteiger partial charge >= 0.3 is 6.09 Å². The Hall–Kier alpha value is -3.97. The molecule has 10 nitrogen and oxygen atoms in total. The summed E-state index contributed by atoms with van der Waals surface area (Å²) in [4.78, 5) is 33.8. The average Bonchev–Trinajstić information content (AvgIpc) is 3.38. The molecule has 0 radical (unpaired) electrons. The highest BCUT2D eigenvalue weighted by molar-refractivity contribution is 5.69. The predicted molar refractivity (Wildman–Crippen MR) is 130 cm³/mol. The number of imidazole rings is 1. The van der Waals surface area contributed by atoms with E-state index in [2.05, 4.69) is 31.8 Å². The molecule has 4 rings (SSSR count). The van der Waals surface area contributed by atoms with E-state index in [1.54, 1.807) is 43.1 Å². The smallest absolute Gasteiger partial charge is 0.410 e. The summed E-state index contributed by atoms with van der Waals surface area (Å²) in [5, 5.41) is 0. The van der Waals surface area contributed by atoms with Crippen molar-refractivity contribution < 1.29 is 14.3 Å². The number of piperazine rings is 1. The fourth-order valence-electron chi connectivity index (χ4n) is 3.63. The number of anilines is 1. The first-order valence-corrected chi connectivity index (χ1v) is 11.3. The predicted octanol–water partition coefficient (Wildman–Crippen LogP) is 2.53. The van der Waals surface area contributed by atoms with Crippen LogP contribution in [0.25, 0.3) is 5.82 Å². The topological polar surface area (TPSA) is 98.5 Å². The normalized spacial score (nSPS) is 15.9. The quantitative estimate of drug-likeness (QED) is 0.531. The molecule has 0 saturated carbocycles. The van der Waals surface area contributed by atoms with Gasteiger partial charge in [-0.2, -0.15) is 0 Å². The molecule has 0 aliphatic carbocycles. The first kappa shape index (κ1) is 24.2. The first-order valence-electron chi connectivity index (χ1n) is 11.3. The first-order chi connectivity index (χ1) is 16.8. The van der Waals surface area contributed by atoms with E-state index in [0.717, 1.165) is 11.4 Å². The van der Waals surface area contributed by atoms with E-state index >= 15 is 0 Å². The fraction of sp³-hybridized carbons (Fsp3) is 0.400. The molecule has 1 fully saturated rings. The van der Waals surface area contributed by atoms with Crippen LogP contribution in [0.2, 0.25) is 0 Å². The van der Waals surface area contributed by atoms with Crippen LogP contribution in [-0.4, -0.2) is 80.5 Å². The van der Waals surface area contributed by atoms with Gasteiger partial charge in [0.15, 0.2) is 0 Å². The second-order valence-corrected chi connectivity index (χ2v) is 9.13. The molecule has 0 bridgehead atoms. The second-order valence-electron chi connectivity index (χ2n) is 9.13. The van der Waals surface area contributed by atoms with Crippen molar-refractivity contribution in [2.24, 2.45) is 0 Å². The van der Waals surface area contributed by atoms with E-state index in [4.69, 9.17) is 9.47 Å². The Bertz CT molecular complexity index is 1180. The van der Waals surface area contributed by atoms with Crippen molar-refractivity contribution in [3.8, 4) is 17.7 Å².